The molecule has 1 N–H and O–H groups in total. The molecule has 2 aliphatic heterocycles. The molecule has 0 aliphatic carbocycles. The van der Waals surface area contributed by atoms with Gasteiger partial charge in [-0.05, 0) is 54.7 Å². The minimum absolute atomic E-state index is 0.212. The van der Waals surface area contributed by atoms with Gasteiger partial charge in [-0.15, -0.1) is 0 Å². The Morgan fingerprint density at radius 2 is 1.85 bits per heavy atom. The summed E-state index contributed by atoms with van der Waals surface area (Å²) in [5, 5.41) is 2.92. The maximum absolute atomic E-state index is 13.0. The number of nitrogens with one attached hydrogen (secondary N) is 1. The molecule has 4 rings (SSSR count). The Morgan fingerprint density at radius 3 is 2.55 bits per heavy atom. The first-order chi connectivity index (χ1) is 15.8. The summed E-state index contributed by atoms with van der Waals surface area (Å²) in [5.41, 5.74) is 2.26. The second-order valence-electron chi connectivity index (χ2n) is 8.36. The molecule has 1 fully saturated rings. The molecule has 1 atom stereocenters. The molecule has 0 unspecified atom stereocenters. The van der Waals surface area contributed by atoms with Gasteiger partial charge < -0.3 is 10.1 Å². The number of hydrogen-bond acceptors (Lipinski definition) is 5. The van der Waals surface area contributed by atoms with E-state index in [2.05, 4.69) is 5.32 Å². The van der Waals surface area contributed by atoms with Gasteiger partial charge in [-0.3, -0.25) is 14.5 Å². The molecule has 0 aromatic heterocycles. The van der Waals surface area contributed by atoms with Crippen molar-refractivity contribution in [1.82, 2.24) is 9.62 Å². The van der Waals surface area contributed by atoms with E-state index >= 15 is 0 Å². The lowest BCUT2D eigenvalue weighted by Gasteiger charge is -2.23. The first-order valence-corrected chi connectivity index (χ1v) is 12.6. The lowest BCUT2D eigenvalue weighted by molar-refractivity contribution is -0.125. The molecule has 33 heavy (non-hydrogen) atoms. The number of anilines is 1. The number of ether oxygens (including phenoxy) is 1. The van der Waals surface area contributed by atoms with Crippen LogP contribution < -0.4 is 15.0 Å². The van der Waals surface area contributed by atoms with Crippen LogP contribution in [0.4, 0.5) is 5.69 Å². The quantitative estimate of drug-likeness (QED) is 0.667. The molecule has 176 valence electrons. The van der Waals surface area contributed by atoms with Crippen LogP contribution in [0.3, 0.4) is 0 Å². The maximum atomic E-state index is 13.0. The third-order valence-corrected chi connectivity index (χ3v) is 8.16. The fraction of sp³-hybridized carbons (Fsp3) is 0.417. The van der Waals surface area contributed by atoms with Gasteiger partial charge in [0, 0.05) is 38.7 Å². The molecule has 2 aromatic rings. The van der Waals surface area contributed by atoms with Crippen LogP contribution in [0.25, 0.3) is 0 Å². The third-order valence-electron chi connectivity index (χ3n) is 6.27. The van der Waals surface area contributed by atoms with Gasteiger partial charge >= 0.3 is 0 Å². The highest BCUT2D eigenvalue weighted by atomic mass is 32.2. The highest BCUT2D eigenvalue weighted by Crippen LogP contribution is 2.35. The van der Waals surface area contributed by atoms with Crippen LogP contribution in [0, 0.1) is 0 Å². The van der Waals surface area contributed by atoms with E-state index in [9.17, 15) is 18.0 Å². The molecule has 2 aromatic carbocycles. The van der Waals surface area contributed by atoms with Crippen LogP contribution in [0.1, 0.15) is 30.9 Å². The molecule has 2 aliphatic rings. The minimum atomic E-state index is -3.57. The standard InChI is InChI=1S/C24H29N3O5S/c1-17(28)27-21-10-9-20(33(30,31)26-13-5-6-14-26)15-19(21)16-22(27)24(29)25-12-11-18-7-3-4-8-23(18)32-2/h3-4,7-10,15,22H,5-6,11-14,16H2,1-2H3,(H,25,29)/t22-/m0/s1. The Hall–Kier alpha value is -2.91. The Morgan fingerprint density at radius 1 is 1.12 bits per heavy atom. The lowest BCUT2D eigenvalue weighted by Crippen LogP contribution is -2.47. The van der Waals surface area contributed by atoms with Gasteiger partial charge in [0.1, 0.15) is 11.8 Å². The van der Waals surface area contributed by atoms with Gasteiger partial charge in [-0.2, -0.15) is 4.31 Å². The molecular weight excluding hydrogens is 442 g/mol. The number of para-hydroxylation sites is 1. The zero-order chi connectivity index (χ0) is 23.6. The summed E-state index contributed by atoms with van der Waals surface area (Å²) in [4.78, 5) is 27.1. The van der Waals surface area contributed by atoms with Gasteiger partial charge in [-0.1, -0.05) is 18.2 Å². The Kier molecular flexibility index (Phi) is 6.71. The molecule has 2 heterocycles. The monoisotopic (exact) mass is 471 g/mol. The van der Waals surface area contributed by atoms with Crippen molar-refractivity contribution in [2.75, 3.05) is 31.6 Å². The topological polar surface area (TPSA) is 96.0 Å². The minimum Gasteiger partial charge on any atom is -0.496 e. The second-order valence-corrected chi connectivity index (χ2v) is 10.3. The normalized spacial score (nSPS) is 18.2. The highest BCUT2D eigenvalue weighted by molar-refractivity contribution is 7.89. The number of rotatable bonds is 7. The third kappa shape index (κ3) is 4.60. The number of carbonyl (C=O) groups is 2. The van der Waals surface area contributed by atoms with Crippen molar-refractivity contribution >= 4 is 27.5 Å². The van der Waals surface area contributed by atoms with E-state index < -0.39 is 16.1 Å². The van der Waals surface area contributed by atoms with Crippen LogP contribution in [0.5, 0.6) is 5.75 Å². The molecular formula is C24H29N3O5S. The van der Waals surface area contributed by atoms with E-state index in [1.165, 1.54) is 22.2 Å². The van der Waals surface area contributed by atoms with Crippen LogP contribution in [-0.4, -0.2) is 57.3 Å². The summed E-state index contributed by atoms with van der Waals surface area (Å²) >= 11 is 0. The predicted molar refractivity (Wildman–Crippen MR) is 125 cm³/mol. The zero-order valence-electron chi connectivity index (χ0n) is 18.9. The highest BCUT2D eigenvalue weighted by Gasteiger charge is 2.38. The maximum Gasteiger partial charge on any atom is 0.243 e. The van der Waals surface area contributed by atoms with E-state index in [-0.39, 0.29) is 23.1 Å². The lowest BCUT2D eigenvalue weighted by atomic mass is 10.1. The van der Waals surface area contributed by atoms with Gasteiger partial charge in [0.25, 0.3) is 0 Å². The first-order valence-electron chi connectivity index (χ1n) is 11.2. The van der Waals surface area contributed by atoms with Gasteiger partial charge in [-0.25, -0.2) is 8.42 Å². The fourth-order valence-corrected chi connectivity index (χ4v) is 6.18. The van der Waals surface area contributed by atoms with Crippen LogP contribution in [0.15, 0.2) is 47.4 Å². The number of amides is 2. The smallest absolute Gasteiger partial charge is 0.243 e. The van der Waals surface area contributed by atoms with Gasteiger partial charge in [0.05, 0.1) is 12.0 Å². The van der Waals surface area contributed by atoms with Gasteiger partial charge in [0.15, 0.2) is 0 Å². The Balaban J connectivity index is 1.49. The number of benzene rings is 2. The SMILES string of the molecule is COc1ccccc1CCNC(=O)[C@@H]1Cc2cc(S(=O)(=O)N3CCCC3)ccc2N1C(C)=O. The van der Waals surface area contributed by atoms with Crippen molar-refractivity contribution in [1.29, 1.82) is 0 Å². The largest absolute Gasteiger partial charge is 0.496 e. The molecule has 0 bridgehead atoms. The summed E-state index contributed by atoms with van der Waals surface area (Å²) in [6.07, 6.45) is 2.59. The average Bonchev–Trinajstić information content (AvgIpc) is 3.47. The van der Waals surface area contributed by atoms with E-state index in [1.54, 1.807) is 19.2 Å². The van der Waals surface area contributed by atoms with Crippen molar-refractivity contribution in [3.63, 3.8) is 0 Å². The zero-order valence-corrected chi connectivity index (χ0v) is 19.7. The number of sulfonamides is 1. The molecule has 8 nitrogen and oxygen atoms in total. The summed E-state index contributed by atoms with van der Waals surface area (Å²) in [7, 11) is -1.96. The summed E-state index contributed by atoms with van der Waals surface area (Å²) in [6, 6.07) is 11.7. The molecule has 9 heteroatoms. The van der Waals surface area contributed by atoms with Crippen molar-refractivity contribution < 1.29 is 22.7 Å². The first kappa shape index (κ1) is 23.3. The Labute approximate surface area is 194 Å². The molecule has 0 saturated carbocycles. The molecule has 0 radical (unpaired) electrons. The molecule has 1 saturated heterocycles. The number of fused-ring (bicyclic) bond motifs is 1. The fourth-order valence-electron chi connectivity index (χ4n) is 4.61. The van der Waals surface area contributed by atoms with E-state index in [0.717, 1.165) is 24.2 Å². The van der Waals surface area contributed by atoms with Gasteiger partial charge in [0.2, 0.25) is 21.8 Å². The van der Waals surface area contributed by atoms with Crippen molar-refractivity contribution in [2.24, 2.45) is 0 Å². The van der Waals surface area contributed by atoms with Crippen LogP contribution in [-0.2, 0) is 32.5 Å². The van der Waals surface area contributed by atoms with Crippen molar-refractivity contribution in [2.45, 2.75) is 43.5 Å². The number of carbonyl (C=O) groups excluding carboxylic acids is 2. The summed E-state index contributed by atoms with van der Waals surface area (Å²) < 4.78 is 32.7. The van der Waals surface area contributed by atoms with Crippen molar-refractivity contribution in [3.05, 3.63) is 53.6 Å². The van der Waals surface area contributed by atoms with E-state index in [0.29, 0.717) is 37.3 Å². The Bertz CT molecular complexity index is 1160. The molecule has 2 amide bonds. The van der Waals surface area contributed by atoms with E-state index in [1.807, 2.05) is 24.3 Å². The predicted octanol–water partition coefficient (Wildman–Crippen LogP) is 2.12. The molecule has 0 spiro atoms. The number of methoxy groups -OCH3 is 1. The van der Waals surface area contributed by atoms with Crippen LogP contribution in [0.2, 0.25) is 0 Å². The van der Waals surface area contributed by atoms with Crippen LogP contribution >= 0.6 is 0 Å². The van der Waals surface area contributed by atoms with E-state index in [4.69, 9.17) is 4.74 Å². The number of hydrogen-bond donors (Lipinski definition) is 1. The summed E-state index contributed by atoms with van der Waals surface area (Å²) in [5.74, 6) is 0.242. The average molecular weight is 472 g/mol. The number of nitrogens with zero attached hydrogens (tertiary/aromatic N) is 2. The second kappa shape index (κ2) is 9.52. The summed E-state index contributed by atoms with van der Waals surface area (Å²) in [6.45, 7) is 2.86. The van der Waals surface area contributed by atoms with Crippen molar-refractivity contribution in [3.8, 4) is 5.75 Å².